The van der Waals surface area contributed by atoms with Gasteiger partial charge < -0.3 is 15.0 Å². The quantitative estimate of drug-likeness (QED) is 0.677. The fourth-order valence-electron chi connectivity index (χ4n) is 3.47. The summed E-state index contributed by atoms with van der Waals surface area (Å²) in [7, 11) is 0.0776. The lowest BCUT2D eigenvalue weighted by atomic mass is 10.1. The van der Waals surface area contributed by atoms with E-state index in [-0.39, 0.29) is 16.8 Å². The average Bonchev–Trinajstić information content (AvgIpc) is 2.74. The maximum absolute atomic E-state index is 13.0. The Morgan fingerprint density at radius 2 is 1.84 bits per heavy atom. The number of amides is 1. The molecule has 2 aromatic rings. The van der Waals surface area contributed by atoms with Crippen LogP contribution in [-0.4, -0.2) is 62.9 Å². The van der Waals surface area contributed by atoms with Gasteiger partial charge >= 0.3 is 0 Å². The zero-order chi connectivity index (χ0) is 22.6. The van der Waals surface area contributed by atoms with E-state index in [1.165, 1.54) is 16.4 Å². The first-order valence-electron chi connectivity index (χ1n) is 10.2. The molecule has 0 bridgehead atoms. The van der Waals surface area contributed by atoms with Crippen molar-refractivity contribution in [2.24, 2.45) is 0 Å². The van der Waals surface area contributed by atoms with Crippen molar-refractivity contribution in [3.63, 3.8) is 0 Å². The molecule has 0 saturated carbocycles. The summed E-state index contributed by atoms with van der Waals surface area (Å²) in [6, 6.07) is 13.0. The number of sulfonamides is 1. The highest BCUT2D eigenvalue weighted by atomic mass is 35.5. The predicted molar refractivity (Wildman–Crippen MR) is 122 cm³/mol. The lowest BCUT2D eigenvalue weighted by Crippen LogP contribution is -2.44. The molecule has 1 N–H and O–H groups in total. The molecule has 1 aliphatic heterocycles. The molecule has 1 saturated heterocycles. The van der Waals surface area contributed by atoms with Gasteiger partial charge in [-0.3, -0.25) is 4.79 Å². The van der Waals surface area contributed by atoms with Gasteiger partial charge in [-0.15, -0.1) is 0 Å². The van der Waals surface area contributed by atoms with Crippen LogP contribution in [0.15, 0.2) is 53.4 Å². The van der Waals surface area contributed by atoms with E-state index in [2.05, 4.69) is 10.2 Å². The van der Waals surface area contributed by atoms with E-state index >= 15 is 0 Å². The summed E-state index contributed by atoms with van der Waals surface area (Å²) in [5.74, 6) is 0.146. The highest BCUT2D eigenvalue weighted by molar-refractivity contribution is 7.89. The molecule has 3 rings (SSSR count). The van der Waals surface area contributed by atoms with Crippen molar-refractivity contribution in [3.8, 4) is 5.75 Å². The van der Waals surface area contributed by atoms with Gasteiger partial charge in [-0.1, -0.05) is 17.7 Å². The molecule has 31 heavy (non-hydrogen) atoms. The first kappa shape index (κ1) is 23.5. The summed E-state index contributed by atoms with van der Waals surface area (Å²) < 4.78 is 33.0. The minimum absolute atomic E-state index is 0.00920. The molecule has 1 fully saturated rings. The zero-order valence-corrected chi connectivity index (χ0v) is 19.5. The number of rotatable bonds is 7. The predicted octanol–water partition coefficient (Wildman–Crippen LogP) is 3.46. The maximum Gasteiger partial charge on any atom is 0.265 e. The van der Waals surface area contributed by atoms with Gasteiger partial charge in [-0.25, -0.2) is 8.42 Å². The molecule has 1 heterocycles. The van der Waals surface area contributed by atoms with E-state index in [0.717, 1.165) is 25.9 Å². The second-order valence-electron chi connectivity index (χ2n) is 7.79. The smallest absolute Gasteiger partial charge is 0.265 e. The van der Waals surface area contributed by atoms with Crippen molar-refractivity contribution in [2.75, 3.05) is 32.5 Å². The van der Waals surface area contributed by atoms with E-state index in [1.54, 1.807) is 50.4 Å². The third kappa shape index (κ3) is 5.98. The topological polar surface area (TPSA) is 78.9 Å². The van der Waals surface area contributed by atoms with Crippen LogP contribution in [0.4, 0.5) is 5.69 Å². The molecule has 0 aliphatic carbocycles. The van der Waals surface area contributed by atoms with Gasteiger partial charge in [0.1, 0.15) is 5.75 Å². The number of hydrogen-bond acceptors (Lipinski definition) is 5. The van der Waals surface area contributed by atoms with Crippen molar-refractivity contribution in [2.45, 2.75) is 36.8 Å². The van der Waals surface area contributed by atoms with Gasteiger partial charge in [-0.2, -0.15) is 4.31 Å². The number of ether oxygens (including phenoxy) is 1. The van der Waals surface area contributed by atoms with Crippen LogP contribution in [0.25, 0.3) is 0 Å². The normalized spacial score (nSPS) is 16.8. The number of halogens is 1. The number of carbonyl (C=O) groups is 1. The Kier molecular flexibility index (Phi) is 7.59. The Morgan fingerprint density at radius 1 is 1.19 bits per heavy atom. The molecule has 9 heteroatoms. The van der Waals surface area contributed by atoms with E-state index in [1.807, 2.05) is 7.05 Å². The summed E-state index contributed by atoms with van der Waals surface area (Å²) in [5, 5.41) is 3.26. The number of carbonyl (C=O) groups excluding carboxylic acids is 1. The molecule has 2 aromatic carbocycles. The highest BCUT2D eigenvalue weighted by Crippen LogP contribution is 2.24. The van der Waals surface area contributed by atoms with Gasteiger partial charge in [0.15, 0.2) is 6.10 Å². The fourth-order valence-corrected chi connectivity index (χ4v) is 5.07. The second-order valence-corrected chi connectivity index (χ2v) is 10.2. The van der Waals surface area contributed by atoms with E-state index in [9.17, 15) is 13.2 Å². The number of piperidine rings is 1. The van der Waals surface area contributed by atoms with Crippen molar-refractivity contribution in [1.82, 2.24) is 9.21 Å². The zero-order valence-electron chi connectivity index (χ0n) is 17.9. The third-order valence-electron chi connectivity index (χ3n) is 5.48. The summed E-state index contributed by atoms with van der Waals surface area (Å²) in [5.41, 5.74) is 0.493. The Balaban J connectivity index is 1.61. The van der Waals surface area contributed by atoms with Crippen LogP contribution < -0.4 is 10.1 Å². The minimum Gasteiger partial charge on any atom is -0.481 e. The van der Waals surface area contributed by atoms with E-state index in [0.29, 0.717) is 16.5 Å². The van der Waals surface area contributed by atoms with Gasteiger partial charge in [0.05, 0.1) is 4.90 Å². The third-order valence-corrected chi connectivity index (χ3v) is 7.64. The largest absolute Gasteiger partial charge is 0.481 e. The monoisotopic (exact) mass is 465 g/mol. The number of nitrogens with one attached hydrogen (secondary N) is 1. The summed E-state index contributed by atoms with van der Waals surface area (Å²) in [6.45, 7) is 3.39. The summed E-state index contributed by atoms with van der Waals surface area (Å²) in [4.78, 5) is 14.8. The standard InChI is InChI=1S/C22H28ClN3O4S/c1-16(30-20-6-4-5-17(23)15-20)22(27)24-18-7-9-21(10-8-18)31(28,29)26(3)19-11-13-25(2)14-12-19/h4-10,15-16,19H,11-14H2,1-3H3,(H,24,27). The molecule has 0 radical (unpaired) electrons. The second kappa shape index (κ2) is 9.99. The Morgan fingerprint density at radius 3 is 2.45 bits per heavy atom. The molecule has 0 spiro atoms. The van der Waals surface area contributed by atoms with Crippen LogP contribution in [0.5, 0.6) is 5.75 Å². The van der Waals surface area contributed by atoms with Crippen LogP contribution >= 0.6 is 11.6 Å². The molecular formula is C22H28ClN3O4S. The summed E-state index contributed by atoms with van der Waals surface area (Å²) in [6.07, 6.45) is 0.868. The maximum atomic E-state index is 13.0. The molecule has 1 atom stereocenters. The van der Waals surface area contributed by atoms with Crippen molar-refractivity contribution >= 4 is 33.2 Å². The lowest BCUT2D eigenvalue weighted by molar-refractivity contribution is -0.122. The van der Waals surface area contributed by atoms with Crippen LogP contribution in [-0.2, 0) is 14.8 Å². The first-order chi connectivity index (χ1) is 14.7. The molecule has 1 amide bonds. The molecule has 0 aromatic heterocycles. The van der Waals surface area contributed by atoms with Gasteiger partial charge in [0, 0.05) is 23.8 Å². The van der Waals surface area contributed by atoms with Crippen molar-refractivity contribution in [3.05, 3.63) is 53.6 Å². The Hall–Kier alpha value is -2.13. The number of hydrogen-bond donors (Lipinski definition) is 1. The molecule has 1 unspecified atom stereocenters. The lowest BCUT2D eigenvalue weighted by Gasteiger charge is -2.34. The average molecular weight is 466 g/mol. The number of nitrogens with zero attached hydrogens (tertiary/aromatic N) is 2. The Labute approximate surface area is 189 Å². The van der Waals surface area contributed by atoms with Crippen LogP contribution in [0.1, 0.15) is 19.8 Å². The van der Waals surface area contributed by atoms with Gasteiger partial charge in [-0.05, 0) is 82.4 Å². The minimum atomic E-state index is -3.60. The van der Waals surface area contributed by atoms with Gasteiger partial charge in [0.2, 0.25) is 10.0 Å². The molecule has 1 aliphatic rings. The number of benzene rings is 2. The van der Waals surface area contributed by atoms with Crippen LogP contribution in [0.3, 0.4) is 0 Å². The van der Waals surface area contributed by atoms with E-state index in [4.69, 9.17) is 16.3 Å². The van der Waals surface area contributed by atoms with Crippen LogP contribution in [0, 0.1) is 0 Å². The summed E-state index contributed by atoms with van der Waals surface area (Å²) >= 11 is 5.93. The molecule has 7 nitrogen and oxygen atoms in total. The first-order valence-corrected chi connectivity index (χ1v) is 12.0. The fraction of sp³-hybridized carbons (Fsp3) is 0.409. The van der Waals surface area contributed by atoms with Crippen LogP contribution in [0.2, 0.25) is 5.02 Å². The van der Waals surface area contributed by atoms with Gasteiger partial charge in [0.25, 0.3) is 5.91 Å². The number of anilines is 1. The molecular weight excluding hydrogens is 438 g/mol. The number of likely N-dealkylation sites (tertiary alicyclic amines) is 1. The highest BCUT2D eigenvalue weighted by Gasteiger charge is 2.30. The van der Waals surface area contributed by atoms with Crippen molar-refractivity contribution < 1.29 is 17.9 Å². The SMILES string of the molecule is CC(Oc1cccc(Cl)c1)C(=O)Nc1ccc(S(=O)(=O)N(C)C2CCN(C)CC2)cc1. The Bertz CT molecular complexity index is 1010. The molecule has 168 valence electrons. The van der Waals surface area contributed by atoms with E-state index < -0.39 is 16.1 Å². The van der Waals surface area contributed by atoms with Crippen molar-refractivity contribution in [1.29, 1.82) is 0 Å².